The maximum absolute atomic E-state index is 13.8. The molecule has 11 heteroatoms. The summed E-state index contributed by atoms with van der Waals surface area (Å²) in [5, 5.41) is 10.4. The van der Waals surface area contributed by atoms with Gasteiger partial charge in [-0.1, -0.05) is 12.1 Å². The quantitative estimate of drug-likeness (QED) is 0.403. The Hall–Kier alpha value is -4.12. The Morgan fingerprint density at radius 2 is 1.57 bits per heavy atom. The summed E-state index contributed by atoms with van der Waals surface area (Å²) in [7, 11) is 3.79. The van der Waals surface area contributed by atoms with Gasteiger partial charge in [0, 0.05) is 67.4 Å². The number of pyridine rings is 1. The molecule has 1 aliphatic heterocycles. The zero-order valence-electron chi connectivity index (χ0n) is 20.4. The number of hydrogen-bond acceptors (Lipinski definition) is 5. The summed E-state index contributed by atoms with van der Waals surface area (Å²) in [6.45, 7) is 2.39. The number of carbonyl (C=O) groups excluding carboxylic acids is 1. The summed E-state index contributed by atoms with van der Waals surface area (Å²) in [6.07, 6.45) is 0.724. The first kappa shape index (κ1) is 24.6. The minimum atomic E-state index is -4.55. The third kappa shape index (κ3) is 5.21. The van der Waals surface area contributed by atoms with Crippen molar-refractivity contribution in [1.82, 2.24) is 19.7 Å². The van der Waals surface area contributed by atoms with E-state index in [4.69, 9.17) is 0 Å². The summed E-state index contributed by atoms with van der Waals surface area (Å²) in [4.78, 5) is 20.6. The van der Waals surface area contributed by atoms with Gasteiger partial charge in [0.2, 0.25) is 0 Å². The van der Waals surface area contributed by atoms with E-state index in [1.54, 1.807) is 40.3 Å². The summed E-state index contributed by atoms with van der Waals surface area (Å²) >= 11 is 0. The Kier molecular flexibility index (Phi) is 6.46. The predicted molar refractivity (Wildman–Crippen MR) is 138 cm³/mol. The smallest absolute Gasteiger partial charge is 0.368 e. The normalized spacial score (nSPS) is 14.7. The van der Waals surface area contributed by atoms with Crippen molar-refractivity contribution in [3.05, 3.63) is 66.6 Å². The second-order valence-electron chi connectivity index (χ2n) is 9.06. The second-order valence-corrected chi connectivity index (χ2v) is 9.06. The third-order valence-electron chi connectivity index (χ3n) is 6.53. The number of likely N-dealkylation sites (N-methyl/N-ethyl adjacent to an activating group) is 1. The summed E-state index contributed by atoms with van der Waals surface area (Å²) in [5.41, 5.74) is 2.62. The number of nitrogens with one attached hydrogen (secondary N) is 2. The van der Waals surface area contributed by atoms with Crippen LogP contribution < -0.4 is 15.5 Å². The first-order valence-corrected chi connectivity index (χ1v) is 11.8. The number of rotatable bonds is 4. The molecular formula is C26H26F3N7O. The molecule has 1 aliphatic rings. The molecule has 4 aromatic rings. The lowest BCUT2D eigenvalue weighted by molar-refractivity contribution is -0.137. The molecule has 2 aromatic carbocycles. The van der Waals surface area contributed by atoms with E-state index in [0.717, 1.165) is 28.1 Å². The Labute approximate surface area is 211 Å². The van der Waals surface area contributed by atoms with E-state index in [2.05, 4.69) is 25.6 Å². The van der Waals surface area contributed by atoms with Crippen molar-refractivity contribution in [2.45, 2.75) is 6.18 Å². The number of aryl methyl sites for hydroxylation is 1. The van der Waals surface area contributed by atoms with E-state index in [1.807, 2.05) is 26.2 Å². The van der Waals surface area contributed by atoms with Crippen LogP contribution in [0.5, 0.6) is 0 Å². The number of hydrogen-bond donors (Lipinski definition) is 2. The average molecular weight is 510 g/mol. The van der Waals surface area contributed by atoms with E-state index in [0.29, 0.717) is 31.9 Å². The zero-order chi connectivity index (χ0) is 26.2. The second kappa shape index (κ2) is 9.74. The molecule has 1 saturated heterocycles. The largest absolute Gasteiger partial charge is 0.418 e. The fourth-order valence-electron chi connectivity index (χ4n) is 4.48. The van der Waals surface area contributed by atoms with Crippen LogP contribution in [-0.2, 0) is 13.2 Å². The molecule has 0 spiro atoms. The maximum Gasteiger partial charge on any atom is 0.418 e. The fourth-order valence-corrected chi connectivity index (χ4v) is 4.48. The van der Waals surface area contributed by atoms with Crippen molar-refractivity contribution >= 4 is 34.0 Å². The number of amides is 2. The Morgan fingerprint density at radius 3 is 2.27 bits per heavy atom. The highest BCUT2D eigenvalue weighted by molar-refractivity contribution is 6.00. The maximum atomic E-state index is 13.8. The van der Waals surface area contributed by atoms with Crippen LogP contribution in [0.3, 0.4) is 0 Å². The molecule has 0 radical (unpaired) electrons. The molecule has 8 nitrogen and oxygen atoms in total. The van der Waals surface area contributed by atoms with Crippen LogP contribution >= 0.6 is 0 Å². The van der Waals surface area contributed by atoms with Crippen molar-refractivity contribution < 1.29 is 18.0 Å². The van der Waals surface area contributed by atoms with Crippen LogP contribution in [0.1, 0.15) is 5.56 Å². The van der Waals surface area contributed by atoms with Gasteiger partial charge in [-0.3, -0.25) is 9.67 Å². The van der Waals surface area contributed by atoms with Gasteiger partial charge < -0.3 is 20.4 Å². The Bertz CT molecular complexity index is 1420. The zero-order valence-corrected chi connectivity index (χ0v) is 20.4. The first-order valence-electron chi connectivity index (χ1n) is 11.8. The van der Waals surface area contributed by atoms with Crippen molar-refractivity contribution in [1.29, 1.82) is 0 Å². The number of fused-ring (bicyclic) bond motifs is 1. The number of halogens is 3. The number of aromatic nitrogens is 3. The van der Waals surface area contributed by atoms with E-state index >= 15 is 0 Å². The molecule has 192 valence electrons. The lowest BCUT2D eigenvalue weighted by Gasteiger charge is -2.35. The van der Waals surface area contributed by atoms with E-state index in [-0.39, 0.29) is 11.4 Å². The monoisotopic (exact) mass is 509 g/mol. The van der Waals surface area contributed by atoms with Crippen LogP contribution in [0.15, 0.2) is 61.1 Å². The van der Waals surface area contributed by atoms with E-state index in [9.17, 15) is 18.0 Å². The molecule has 0 bridgehead atoms. The van der Waals surface area contributed by atoms with Gasteiger partial charge in [0.05, 0.1) is 23.5 Å². The van der Waals surface area contributed by atoms with Crippen molar-refractivity contribution in [3.8, 4) is 11.1 Å². The molecule has 0 unspecified atom stereocenters. The molecule has 2 aromatic heterocycles. The minimum Gasteiger partial charge on any atom is -0.368 e. The van der Waals surface area contributed by atoms with Gasteiger partial charge in [0.1, 0.15) is 0 Å². The predicted octanol–water partition coefficient (Wildman–Crippen LogP) is 5.05. The van der Waals surface area contributed by atoms with Crippen molar-refractivity contribution in [3.63, 3.8) is 0 Å². The van der Waals surface area contributed by atoms with Gasteiger partial charge in [0.15, 0.2) is 0 Å². The first-order chi connectivity index (χ1) is 17.7. The molecule has 0 aliphatic carbocycles. The number of alkyl halides is 3. The number of benzene rings is 2. The average Bonchev–Trinajstić information content (AvgIpc) is 3.25. The molecule has 3 heterocycles. The number of nitrogens with zero attached hydrogens (tertiary/aromatic N) is 5. The van der Waals surface area contributed by atoms with Gasteiger partial charge in [-0.25, -0.2) is 4.79 Å². The van der Waals surface area contributed by atoms with E-state index in [1.165, 1.54) is 12.1 Å². The molecule has 1 fully saturated rings. The molecule has 2 amide bonds. The number of carbonyl (C=O) groups is 1. The highest BCUT2D eigenvalue weighted by atomic mass is 19.4. The lowest BCUT2D eigenvalue weighted by atomic mass is 10.0. The van der Waals surface area contributed by atoms with Gasteiger partial charge in [-0.2, -0.15) is 18.3 Å². The Morgan fingerprint density at radius 1 is 0.892 bits per heavy atom. The third-order valence-corrected chi connectivity index (χ3v) is 6.53. The van der Waals surface area contributed by atoms with Crippen molar-refractivity contribution in [2.24, 2.45) is 7.05 Å². The summed E-state index contributed by atoms with van der Waals surface area (Å²) in [6, 6.07) is 10.4. The minimum absolute atomic E-state index is 0.0636. The molecule has 0 atom stereocenters. The number of piperazine rings is 1. The fraction of sp³-hybridized carbons (Fsp3) is 0.269. The Balaban J connectivity index is 1.29. The van der Waals surface area contributed by atoms with Crippen LogP contribution in [0.25, 0.3) is 22.0 Å². The highest BCUT2D eigenvalue weighted by Gasteiger charge is 2.36. The molecule has 37 heavy (non-hydrogen) atoms. The molecule has 0 saturated carbocycles. The van der Waals surface area contributed by atoms with Crippen molar-refractivity contribution in [2.75, 3.05) is 48.8 Å². The van der Waals surface area contributed by atoms with Gasteiger partial charge >= 0.3 is 12.2 Å². The van der Waals surface area contributed by atoms with Gasteiger partial charge in [0.25, 0.3) is 0 Å². The topological polar surface area (TPSA) is 78.3 Å². The highest BCUT2D eigenvalue weighted by Crippen LogP contribution is 2.38. The molecule has 2 N–H and O–H groups in total. The van der Waals surface area contributed by atoms with Crippen LogP contribution in [0, 0.1) is 0 Å². The van der Waals surface area contributed by atoms with Crippen LogP contribution in [0.2, 0.25) is 0 Å². The summed E-state index contributed by atoms with van der Waals surface area (Å²) in [5.74, 6) is 0. The van der Waals surface area contributed by atoms with Crippen LogP contribution in [-0.4, -0.2) is 58.9 Å². The standard InChI is InChI=1S/C26H26F3N7O/c1-34-9-11-36(12-10-34)23-8-7-19(13-22(23)26(27,28)29)33-25(37)32-18-5-3-17(4-6-18)20-14-30-16-24-21(20)15-31-35(24)2/h3-8,13-16H,9-12H2,1-2H3,(H2,32,33,37). The SMILES string of the molecule is CN1CCN(c2ccc(NC(=O)Nc3ccc(-c4cncc5c4cnn5C)cc3)cc2C(F)(F)F)CC1. The molecular weight excluding hydrogens is 483 g/mol. The lowest BCUT2D eigenvalue weighted by Crippen LogP contribution is -2.45. The van der Waals surface area contributed by atoms with Gasteiger partial charge in [-0.15, -0.1) is 0 Å². The van der Waals surface area contributed by atoms with Gasteiger partial charge in [-0.05, 0) is 42.9 Å². The summed E-state index contributed by atoms with van der Waals surface area (Å²) < 4.78 is 43.3. The van der Waals surface area contributed by atoms with E-state index < -0.39 is 17.8 Å². The number of urea groups is 1. The number of anilines is 3. The van der Waals surface area contributed by atoms with Crippen LogP contribution in [0.4, 0.5) is 35.0 Å². The molecule has 5 rings (SSSR count).